The summed E-state index contributed by atoms with van der Waals surface area (Å²) < 4.78 is 16.7. The Hall–Kier alpha value is -2.12. The highest BCUT2D eigenvalue weighted by atomic mass is 16.7. The molecule has 6 N–H and O–H groups in total. The number of unbranched alkanes of at least 4 members (excludes halogenated alkanes) is 36. The van der Waals surface area contributed by atoms with E-state index in [9.17, 15) is 35.1 Å². The highest BCUT2D eigenvalue weighted by Gasteiger charge is 2.44. The van der Waals surface area contributed by atoms with E-state index in [1.165, 1.54) is 199 Å². The smallest absolute Gasteiger partial charge is 0.305 e. The minimum Gasteiger partial charge on any atom is -0.466 e. The molecule has 1 aliphatic heterocycles. The van der Waals surface area contributed by atoms with Gasteiger partial charge in [0.25, 0.3) is 0 Å². The van der Waals surface area contributed by atoms with Crippen molar-refractivity contribution in [3.05, 3.63) is 36.5 Å². The molecule has 0 aliphatic carbocycles. The van der Waals surface area contributed by atoms with Gasteiger partial charge >= 0.3 is 5.97 Å². The molecule has 1 heterocycles. The van der Waals surface area contributed by atoms with Crippen molar-refractivity contribution < 1.29 is 49.3 Å². The van der Waals surface area contributed by atoms with E-state index in [0.29, 0.717) is 19.4 Å². The number of ether oxygens (including phenoxy) is 3. The number of rotatable bonds is 54. The first-order valence-electron chi connectivity index (χ1n) is 31.3. The molecule has 0 bridgehead atoms. The molecule has 1 saturated heterocycles. The normalized spacial score (nSPS) is 19.0. The number of amides is 1. The van der Waals surface area contributed by atoms with E-state index in [2.05, 4.69) is 43.5 Å². The Morgan fingerprint density at radius 1 is 0.486 bits per heavy atom. The third-order valence-electron chi connectivity index (χ3n) is 14.7. The zero-order chi connectivity index (χ0) is 53.8. The van der Waals surface area contributed by atoms with Crippen molar-refractivity contribution in [2.75, 3.05) is 19.8 Å². The summed E-state index contributed by atoms with van der Waals surface area (Å²) in [5, 5.41) is 54.2. The van der Waals surface area contributed by atoms with E-state index in [0.717, 1.165) is 64.2 Å². The summed E-state index contributed by atoms with van der Waals surface area (Å²) in [5.74, 6) is -0.196. The van der Waals surface area contributed by atoms with Crippen molar-refractivity contribution in [3.8, 4) is 0 Å². The van der Waals surface area contributed by atoms with Gasteiger partial charge in [-0.2, -0.15) is 0 Å². The molecule has 434 valence electrons. The fourth-order valence-corrected chi connectivity index (χ4v) is 9.72. The number of aliphatic hydroxyl groups is 5. The van der Waals surface area contributed by atoms with Crippen molar-refractivity contribution in [2.45, 2.75) is 333 Å². The third kappa shape index (κ3) is 42.0. The third-order valence-corrected chi connectivity index (χ3v) is 14.7. The number of carbonyl (C=O) groups excluding carboxylic acids is 2. The molecule has 11 heteroatoms. The predicted octanol–water partition coefficient (Wildman–Crippen LogP) is 14.7. The van der Waals surface area contributed by atoms with Gasteiger partial charge in [-0.1, -0.05) is 230 Å². The van der Waals surface area contributed by atoms with Gasteiger partial charge in [0.2, 0.25) is 5.91 Å². The number of hydrogen-bond donors (Lipinski definition) is 6. The fourth-order valence-electron chi connectivity index (χ4n) is 9.72. The average Bonchev–Trinajstić information content (AvgIpc) is 3.40. The first-order valence-corrected chi connectivity index (χ1v) is 31.3. The summed E-state index contributed by atoms with van der Waals surface area (Å²) >= 11 is 0. The van der Waals surface area contributed by atoms with Gasteiger partial charge in [0.05, 0.1) is 32.0 Å². The van der Waals surface area contributed by atoms with Crippen LogP contribution in [0.25, 0.3) is 0 Å². The molecule has 0 radical (unpaired) electrons. The molecule has 11 nitrogen and oxygen atoms in total. The van der Waals surface area contributed by atoms with Crippen molar-refractivity contribution in [1.29, 1.82) is 0 Å². The Labute approximate surface area is 453 Å². The standard InChI is InChI=1S/C63H117NO10/c1-3-5-7-9-11-13-14-27-31-35-39-43-47-51-59(68)72-52-48-44-40-36-32-29-26-24-22-20-18-16-15-17-19-21-23-25-28-30-34-38-42-46-50-58(67)64-55(56(66)49-45-41-37-33-12-10-8-6-4-2)54-73-63-62(71)61(70)60(69)57(53-65)74-63/h13-14,17,19,45,49,55-57,60-63,65-66,69-71H,3-12,15-16,18,20-44,46-48,50-54H2,1-2H3,(H,64,67)/b14-13-,19-17-,49-45+. The Morgan fingerprint density at radius 2 is 0.865 bits per heavy atom. The molecular weight excluding hydrogens is 931 g/mol. The molecule has 1 amide bonds. The zero-order valence-electron chi connectivity index (χ0n) is 47.8. The number of hydrogen-bond acceptors (Lipinski definition) is 10. The van der Waals surface area contributed by atoms with Crippen LogP contribution < -0.4 is 5.32 Å². The van der Waals surface area contributed by atoms with E-state index in [4.69, 9.17) is 14.2 Å². The van der Waals surface area contributed by atoms with E-state index >= 15 is 0 Å². The molecule has 74 heavy (non-hydrogen) atoms. The molecule has 0 aromatic carbocycles. The van der Waals surface area contributed by atoms with Crippen LogP contribution in [0, 0.1) is 0 Å². The number of esters is 1. The largest absolute Gasteiger partial charge is 0.466 e. The maximum atomic E-state index is 13.0. The fraction of sp³-hybridized carbons (Fsp3) is 0.873. The van der Waals surface area contributed by atoms with Crippen LogP contribution in [0.15, 0.2) is 36.5 Å². The molecular formula is C63H117NO10. The van der Waals surface area contributed by atoms with Gasteiger partial charge in [0, 0.05) is 12.8 Å². The van der Waals surface area contributed by atoms with Gasteiger partial charge in [0.15, 0.2) is 6.29 Å². The van der Waals surface area contributed by atoms with Crippen LogP contribution in [0.3, 0.4) is 0 Å². The lowest BCUT2D eigenvalue weighted by molar-refractivity contribution is -0.302. The Kier molecular flexibility index (Phi) is 50.0. The Balaban J connectivity index is 1.99. The van der Waals surface area contributed by atoms with Crippen LogP contribution in [0.1, 0.15) is 290 Å². The lowest BCUT2D eigenvalue weighted by Crippen LogP contribution is -2.60. The molecule has 7 unspecified atom stereocenters. The first-order chi connectivity index (χ1) is 36.2. The molecule has 0 saturated carbocycles. The predicted molar refractivity (Wildman–Crippen MR) is 306 cm³/mol. The molecule has 1 rings (SSSR count). The number of allylic oxidation sites excluding steroid dienone is 5. The van der Waals surface area contributed by atoms with Gasteiger partial charge in [-0.15, -0.1) is 0 Å². The molecule has 1 aliphatic rings. The zero-order valence-corrected chi connectivity index (χ0v) is 47.8. The second kappa shape index (κ2) is 52.9. The van der Waals surface area contributed by atoms with E-state index in [1.807, 2.05) is 6.08 Å². The lowest BCUT2D eigenvalue weighted by Gasteiger charge is -2.40. The van der Waals surface area contributed by atoms with Crippen molar-refractivity contribution in [2.24, 2.45) is 0 Å². The first kappa shape index (κ1) is 69.9. The van der Waals surface area contributed by atoms with Gasteiger partial charge in [-0.25, -0.2) is 0 Å². The van der Waals surface area contributed by atoms with Crippen LogP contribution >= 0.6 is 0 Å². The number of nitrogens with one attached hydrogen (secondary N) is 1. The molecule has 0 aromatic heterocycles. The summed E-state index contributed by atoms with van der Waals surface area (Å²) in [6, 6.07) is -0.812. The molecule has 7 atom stereocenters. The summed E-state index contributed by atoms with van der Waals surface area (Å²) in [5.41, 5.74) is 0. The van der Waals surface area contributed by atoms with Gasteiger partial charge < -0.3 is 45.1 Å². The molecule has 0 spiro atoms. The maximum Gasteiger partial charge on any atom is 0.305 e. The van der Waals surface area contributed by atoms with Crippen molar-refractivity contribution in [3.63, 3.8) is 0 Å². The number of aliphatic hydroxyl groups excluding tert-OH is 5. The summed E-state index contributed by atoms with van der Waals surface area (Å²) in [6.07, 6.45) is 55.5. The average molecular weight is 1050 g/mol. The van der Waals surface area contributed by atoms with E-state index in [1.54, 1.807) is 6.08 Å². The topological polar surface area (TPSA) is 175 Å². The Morgan fingerprint density at radius 3 is 1.31 bits per heavy atom. The van der Waals surface area contributed by atoms with Crippen molar-refractivity contribution >= 4 is 11.9 Å². The highest BCUT2D eigenvalue weighted by Crippen LogP contribution is 2.23. The minimum atomic E-state index is -1.57. The van der Waals surface area contributed by atoms with Crippen LogP contribution in [0.2, 0.25) is 0 Å². The van der Waals surface area contributed by atoms with Crippen LogP contribution in [-0.2, 0) is 23.8 Å². The van der Waals surface area contributed by atoms with Crippen molar-refractivity contribution in [1.82, 2.24) is 5.32 Å². The number of carbonyl (C=O) groups is 2. The summed E-state index contributed by atoms with van der Waals surface area (Å²) in [6.45, 7) is 4.30. The highest BCUT2D eigenvalue weighted by molar-refractivity contribution is 5.76. The van der Waals surface area contributed by atoms with E-state index < -0.39 is 49.5 Å². The van der Waals surface area contributed by atoms with Crippen LogP contribution in [0.4, 0.5) is 0 Å². The second-order valence-corrected chi connectivity index (χ2v) is 21.8. The summed E-state index contributed by atoms with van der Waals surface area (Å²) in [4.78, 5) is 25.0. The van der Waals surface area contributed by atoms with Crippen LogP contribution in [-0.4, -0.2) is 100 Å². The Bertz CT molecular complexity index is 1320. The van der Waals surface area contributed by atoms with Gasteiger partial charge in [0.1, 0.15) is 24.4 Å². The minimum absolute atomic E-state index is 0.00815. The van der Waals surface area contributed by atoms with Gasteiger partial charge in [-0.3, -0.25) is 9.59 Å². The summed E-state index contributed by atoms with van der Waals surface area (Å²) in [7, 11) is 0. The second-order valence-electron chi connectivity index (χ2n) is 21.8. The van der Waals surface area contributed by atoms with Crippen LogP contribution in [0.5, 0.6) is 0 Å². The quantitative estimate of drug-likeness (QED) is 0.0195. The van der Waals surface area contributed by atoms with E-state index in [-0.39, 0.29) is 18.5 Å². The monoisotopic (exact) mass is 1050 g/mol. The SMILES string of the molecule is CCCCCC/C=C\CCCCCCCC(=O)OCCCCCCCCCCCCCC/C=C\CCCCCCCCCCC(=O)NC(COC1OC(CO)C(O)C(O)C1O)C(O)/C=C/CCCCCCCCC. The van der Waals surface area contributed by atoms with Gasteiger partial charge in [-0.05, 0) is 83.5 Å². The molecule has 0 aromatic rings. The maximum absolute atomic E-state index is 13.0. The molecule has 1 fully saturated rings. The lowest BCUT2D eigenvalue weighted by atomic mass is 9.99.